The first-order valence-corrected chi connectivity index (χ1v) is 6.31. The maximum Gasteiger partial charge on any atom is 0.167 e. The minimum Gasteiger partial charge on any atom is -0.307 e. The molecule has 1 aliphatic heterocycles. The van der Waals surface area contributed by atoms with Gasteiger partial charge in [0.15, 0.2) is 11.2 Å². The molecule has 1 aliphatic rings. The molecular formula is C9H23N3OS. The van der Waals surface area contributed by atoms with Gasteiger partial charge >= 0.3 is 0 Å². The summed E-state index contributed by atoms with van der Waals surface area (Å²) < 4.78 is 17.0. The Morgan fingerprint density at radius 1 is 1.43 bits per heavy atom. The smallest absolute Gasteiger partial charge is 0.167 e. The van der Waals surface area contributed by atoms with Gasteiger partial charge in [-0.1, -0.05) is 20.8 Å². The largest absolute Gasteiger partial charge is 0.307 e. The lowest BCUT2D eigenvalue weighted by Crippen LogP contribution is -2.50. The fraction of sp³-hybridized carbons (Fsp3) is 1.00. The average molecular weight is 221 g/mol. The van der Waals surface area contributed by atoms with Gasteiger partial charge in [-0.05, 0) is 20.5 Å². The molecule has 5 heteroatoms. The molecule has 0 bridgehead atoms. The summed E-state index contributed by atoms with van der Waals surface area (Å²) in [6, 6.07) is 0. The van der Waals surface area contributed by atoms with E-state index in [0.29, 0.717) is 0 Å². The highest BCUT2D eigenvalue weighted by Crippen LogP contribution is 2.14. The Bertz CT molecular complexity index is 187. The summed E-state index contributed by atoms with van der Waals surface area (Å²) in [7, 11) is 4.06. The first kappa shape index (κ1) is 14.0. The molecule has 1 saturated heterocycles. The van der Waals surface area contributed by atoms with E-state index in [4.69, 9.17) is 0 Å². The molecular weight excluding hydrogens is 198 g/mol. The van der Waals surface area contributed by atoms with Gasteiger partial charge in [0.1, 0.15) is 0 Å². The Morgan fingerprint density at radius 2 is 2.00 bits per heavy atom. The van der Waals surface area contributed by atoms with Crippen molar-refractivity contribution in [3.63, 3.8) is 0 Å². The zero-order valence-corrected chi connectivity index (χ0v) is 10.7. The summed E-state index contributed by atoms with van der Waals surface area (Å²) in [5, 5.41) is 0. The molecule has 2 atom stereocenters. The summed E-state index contributed by atoms with van der Waals surface area (Å²) in [5.74, 6) is 0. The molecule has 0 radical (unpaired) electrons. The lowest BCUT2D eigenvalue weighted by molar-refractivity contribution is 0.271. The van der Waals surface area contributed by atoms with Crippen molar-refractivity contribution < 1.29 is 4.21 Å². The molecule has 86 valence electrons. The predicted octanol–water partition coefficient (Wildman–Crippen LogP) is 0.495. The van der Waals surface area contributed by atoms with Crippen LogP contribution in [0.3, 0.4) is 0 Å². The van der Waals surface area contributed by atoms with Gasteiger partial charge < -0.3 is 4.90 Å². The van der Waals surface area contributed by atoms with Crippen molar-refractivity contribution in [3.05, 3.63) is 0 Å². The topological polar surface area (TPSA) is 44.4 Å². The number of nitrogens with one attached hydrogen (secondary N) is 2. The zero-order chi connectivity index (χ0) is 11.2. The molecule has 0 saturated carbocycles. The van der Waals surface area contributed by atoms with E-state index in [-0.39, 0.29) is 5.54 Å². The Morgan fingerprint density at radius 3 is 2.29 bits per heavy atom. The van der Waals surface area contributed by atoms with E-state index in [1.807, 2.05) is 27.9 Å². The van der Waals surface area contributed by atoms with Crippen LogP contribution < -0.4 is 9.44 Å². The van der Waals surface area contributed by atoms with E-state index < -0.39 is 11.2 Å². The Hall–Kier alpha value is 0.0300. The quantitative estimate of drug-likeness (QED) is 0.729. The third kappa shape index (κ3) is 4.04. The molecule has 0 spiro atoms. The van der Waals surface area contributed by atoms with Gasteiger partial charge in [0.05, 0.1) is 5.54 Å². The number of hydrogen-bond donors (Lipinski definition) is 2. The number of rotatable bonds is 3. The first-order valence-electron chi connectivity index (χ1n) is 5.16. The van der Waals surface area contributed by atoms with Crippen LogP contribution >= 0.6 is 0 Å². The second kappa shape index (κ2) is 6.50. The molecule has 1 rings (SSSR count). The van der Waals surface area contributed by atoms with Crippen molar-refractivity contribution in [2.45, 2.75) is 32.7 Å². The van der Waals surface area contributed by atoms with Gasteiger partial charge in [0.2, 0.25) is 0 Å². The van der Waals surface area contributed by atoms with E-state index in [1.54, 1.807) is 0 Å². The van der Waals surface area contributed by atoms with Crippen molar-refractivity contribution in [2.75, 3.05) is 27.2 Å². The van der Waals surface area contributed by atoms with Crippen molar-refractivity contribution in [3.8, 4) is 0 Å². The third-order valence-corrected chi connectivity index (χ3v) is 3.17. The zero-order valence-electron chi connectivity index (χ0n) is 9.89. The normalized spacial score (nSPS) is 31.4. The highest BCUT2D eigenvalue weighted by atomic mass is 32.2. The van der Waals surface area contributed by atoms with E-state index >= 15 is 0 Å². The summed E-state index contributed by atoms with van der Waals surface area (Å²) in [6.07, 6.45) is 0.990. The fourth-order valence-corrected chi connectivity index (χ4v) is 2.63. The van der Waals surface area contributed by atoms with Gasteiger partial charge in [-0.2, -0.15) is 0 Å². The van der Waals surface area contributed by atoms with Crippen LogP contribution in [-0.4, -0.2) is 41.8 Å². The molecule has 0 aromatic carbocycles. The maximum absolute atomic E-state index is 11.1. The van der Waals surface area contributed by atoms with Crippen molar-refractivity contribution in [1.29, 1.82) is 0 Å². The minimum absolute atomic E-state index is 0.00559. The van der Waals surface area contributed by atoms with Gasteiger partial charge in [0, 0.05) is 13.1 Å². The lowest BCUT2D eigenvalue weighted by Gasteiger charge is -2.28. The molecule has 0 amide bonds. The fourth-order valence-electron chi connectivity index (χ4n) is 1.47. The summed E-state index contributed by atoms with van der Waals surface area (Å²) in [6.45, 7) is 7.82. The SMILES string of the molecule is CC.CCC1(CN(C)C)CNS(=O)N1. The lowest BCUT2D eigenvalue weighted by atomic mass is 9.97. The number of likely N-dealkylation sites (N-methyl/N-ethyl adjacent to an activating group) is 1. The van der Waals surface area contributed by atoms with Gasteiger partial charge in [-0.25, -0.2) is 13.7 Å². The van der Waals surface area contributed by atoms with Gasteiger partial charge in [-0.3, -0.25) is 0 Å². The average Bonchev–Trinajstić information content (AvgIpc) is 2.51. The van der Waals surface area contributed by atoms with E-state index in [9.17, 15) is 4.21 Å². The standard InChI is InChI=1S/C7H17N3OS.C2H6/c1-4-7(6-10(2)3)5-8-12(11)9-7;1-2/h8-9H,4-6H2,1-3H3;1-2H3. The highest BCUT2D eigenvalue weighted by Gasteiger charge is 2.35. The molecule has 1 fully saturated rings. The molecule has 2 unspecified atom stereocenters. The second-order valence-electron chi connectivity index (χ2n) is 3.56. The summed E-state index contributed by atoms with van der Waals surface area (Å²) >= 11 is -1.04. The molecule has 0 aromatic rings. The highest BCUT2D eigenvalue weighted by molar-refractivity contribution is 7.81. The Balaban J connectivity index is 0.000000791. The van der Waals surface area contributed by atoms with Gasteiger partial charge in [0.25, 0.3) is 0 Å². The van der Waals surface area contributed by atoms with Crippen LogP contribution in [0.4, 0.5) is 0 Å². The van der Waals surface area contributed by atoms with Crippen LogP contribution in [0.5, 0.6) is 0 Å². The van der Waals surface area contributed by atoms with Crippen LogP contribution in [0.2, 0.25) is 0 Å². The van der Waals surface area contributed by atoms with Crippen molar-refractivity contribution >= 4 is 11.2 Å². The number of nitrogens with zero attached hydrogens (tertiary/aromatic N) is 1. The van der Waals surface area contributed by atoms with Crippen molar-refractivity contribution in [1.82, 2.24) is 14.3 Å². The van der Waals surface area contributed by atoms with Crippen LogP contribution in [-0.2, 0) is 11.2 Å². The second-order valence-corrected chi connectivity index (χ2v) is 4.59. The molecule has 0 aromatic heterocycles. The van der Waals surface area contributed by atoms with Crippen LogP contribution in [0.1, 0.15) is 27.2 Å². The van der Waals surface area contributed by atoms with Crippen LogP contribution in [0.25, 0.3) is 0 Å². The van der Waals surface area contributed by atoms with E-state index in [1.165, 1.54) is 0 Å². The van der Waals surface area contributed by atoms with Crippen molar-refractivity contribution in [2.24, 2.45) is 0 Å². The predicted molar refractivity (Wildman–Crippen MR) is 62.2 cm³/mol. The molecule has 14 heavy (non-hydrogen) atoms. The summed E-state index contributed by atoms with van der Waals surface area (Å²) in [5.41, 5.74) is -0.00559. The number of hydrogen-bond acceptors (Lipinski definition) is 2. The Labute approximate surface area is 90.2 Å². The molecule has 0 aliphatic carbocycles. The molecule has 4 nitrogen and oxygen atoms in total. The Kier molecular flexibility index (Phi) is 6.52. The summed E-state index contributed by atoms with van der Waals surface area (Å²) in [4.78, 5) is 2.11. The van der Waals surface area contributed by atoms with Gasteiger partial charge in [-0.15, -0.1) is 0 Å². The van der Waals surface area contributed by atoms with E-state index in [2.05, 4.69) is 21.3 Å². The third-order valence-electron chi connectivity index (χ3n) is 2.15. The van der Waals surface area contributed by atoms with E-state index in [0.717, 1.165) is 19.5 Å². The molecule has 2 N–H and O–H groups in total. The maximum atomic E-state index is 11.1. The van der Waals surface area contributed by atoms with Crippen LogP contribution in [0, 0.1) is 0 Å². The minimum atomic E-state index is -1.04. The molecule has 1 heterocycles. The van der Waals surface area contributed by atoms with Crippen LogP contribution in [0.15, 0.2) is 0 Å². The first-order chi connectivity index (χ1) is 6.58. The monoisotopic (exact) mass is 221 g/mol.